The van der Waals surface area contributed by atoms with Gasteiger partial charge in [0.25, 0.3) is 0 Å². The molecule has 0 spiro atoms. The molecule has 19 heavy (non-hydrogen) atoms. The van der Waals surface area contributed by atoms with Gasteiger partial charge in [-0.25, -0.2) is 9.97 Å². The van der Waals surface area contributed by atoms with Crippen LogP contribution in [0.15, 0.2) is 30.3 Å². The smallest absolute Gasteiger partial charge is 0.143 e. The monoisotopic (exact) mass is 369 g/mol. The van der Waals surface area contributed by atoms with Crippen molar-refractivity contribution in [1.82, 2.24) is 9.97 Å². The second-order valence-corrected chi connectivity index (χ2v) is 5.17. The molecule has 5 heteroatoms. The number of halogens is 1. The summed E-state index contributed by atoms with van der Waals surface area (Å²) in [5.41, 5.74) is 2.13. The third-order valence-corrected chi connectivity index (χ3v) is 3.82. The summed E-state index contributed by atoms with van der Waals surface area (Å²) >= 11 is 2.24. The summed E-state index contributed by atoms with van der Waals surface area (Å²) in [5, 5.41) is 3.11. The number of aromatic nitrogens is 2. The minimum atomic E-state index is 0.497. The number of hydrogen-bond donors (Lipinski definition) is 1. The van der Waals surface area contributed by atoms with Crippen LogP contribution >= 0.6 is 22.6 Å². The molecule has 2 rings (SSSR count). The van der Waals surface area contributed by atoms with E-state index >= 15 is 0 Å². The fourth-order valence-electron chi connectivity index (χ4n) is 1.80. The van der Waals surface area contributed by atoms with Crippen molar-refractivity contribution >= 4 is 28.4 Å². The Balaban J connectivity index is 2.32. The summed E-state index contributed by atoms with van der Waals surface area (Å²) in [4.78, 5) is 9.13. The van der Waals surface area contributed by atoms with Gasteiger partial charge in [-0.1, -0.05) is 30.3 Å². The SMILES string of the molecule is CNc1nc(Cc2ccccc2)nc(COC)c1I. The van der Waals surface area contributed by atoms with Gasteiger partial charge < -0.3 is 10.1 Å². The average molecular weight is 369 g/mol. The number of benzene rings is 1. The van der Waals surface area contributed by atoms with Gasteiger partial charge in [0.15, 0.2) is 0 Å². The first kappa shape index (κ1) is 14.2. The Bertz CT molecular complexity index is 546. The van der Waals surface area contributed by atoms with Crippen LogP contribution in [-0.4, -0.2) is 24.1 Å². The van der Waals surface area contributed by atoms with Gasteiger partial charge in [-0.05, 0) is 28.2 Å². The zero-order chi connectivity index (χ0) is 13.7. The molecule has 1 heterocycles. The highest BCUT2D eigenvalue weighted by atomic mass is 127. The van der Waals surface area contributed by atoms with Gasteiger partial charge in [0.05, 0.1) is 15.9 Å². The predicted octanol–water partition coefficient (Wildman–Crippen LogP) is 2.86. The number of methoxy groups -OCH3 is 1. The normalized spacial score (nSPS) is 10.5. The van der Waals surface area contributed by atoms with Crippen LogP contribution in [0.25, 0.3) is 0 Å². The van der Waals surface area contributed by atoms with E-state index in [2.05, 4.69) is 50.0 Å². The molecule has 0 amide bonds. The van der Waals surface area contributed by atoms with Crippen LogP contribution in [-0.2, 0) is 17.8 Å². The Morgan fingerprint density at radius 1 is 1.21 bits per heavy atom. The molecule has 0 aliphatic rings. The summed E-state index contributed by atoms with van der Waals surface area (Å²) in [6, 6.07) is 10.2. The number of anilines is 1. The quantitative estimate of drug-likeness (QED) is 0.824. The van der Waals surface area contributed by atoms with Crippen molar-refractivity contribution in [3.05, 3.63) is 51.0 Å². The van der Waals surface area contributed by atoms with Crippen LogP contribution in [0, 0.1) is 3.57 Å². The van der Waals surface area contributed by atoms with Crippen molar-refractivity contribution < 1.29 is 4.74 Å². The predicted molar refractivity (Wildman–Crippen MR) is 84.3 cm³/mol. The Labute approximate surface area is 126 Å². The lowest BCUT2D eigenvalue weighted by Gasteiger charge is -2.10. The highest BCUT2D eigenvalue weighted by molar-refractivity contribution is 14.1. The van der Waals surface area contributed by atoms with E-state index < -0.39 is 0 Å². The van der Waals surface area contributed by atoms with E-state index in [0.29, 0.717) is 6.61 Å². The van der Waals surface area contributed by atoms with E-state index in [-0.39, 0.29) is 0 Å². The Hall–Kier alpha value is -1.21. The number of nitrogens with one attached hydrogen (secondary N) is 1. The molecule has 0 radical (unpaired) electrons. The molecular formula is C14H16IN3O. The fraction of sp³-hybridized carbons (Fsp3) is 0.286. The Kier molecular flexibility index (Phi) is 5.09. The topological polar surface area (TPSA) is 47.0 Å². The van der Waals surface area contributed by atoms with Gasteiger partial charge in [0.1, 0.15) is 11.6 Å². The van der Waals surface area contributed by atoms with E-state index in [9.17, 15) is 0 Å². The third-order valence-electron chi connectivity index (χ3n) is 2.69. The van der Waals surface area contributed by atoms with E-state index in [1.807, 2.05) is 25.2 Å². The molecule has 0 saturated carbocycles. The molecule has 0 aliphatic heterocycles. The second kappa shape index (κ2) is 6.81. The van der Waals surface area contributed by atoms with Gasteiger partial charge in [-0.2, -0.15) is 0 Å². The molecule has 0 fully saturated rings. The van der Waals surface area contributed by atoms with Crippen LogP contribution in [0.3, 0.4) is 0 Å². The number of hydrogen-bond acceptors (Lipinski definition) is 4. The first-order valence-corrected chi connectivity index (χ1v) is 7.08. The molecule has 1 N–H and O–H groups in total. The van der Waals surface area contributed by atoms with Crippen LogP contribution in [0.2, 0.25) is 0 Å². The Morgan fingerprint density at radius 2 is 1.95 bits per heavy atom. The lowest BCUT2D eigenvalue weighted by molar-refractivity contribution is 0.180. The second-order valence-electron chi connectivity index (χ2n) is 4.09. The first-order chi connectivity index (χ1) is 9.24. The summed E-state index contributed by atoms with van der Waals surface area (Å²) in [6.07, 6.45) is 0.725. The summed E-state index contributed by atoms with van der Waals surface area (Å²) in [6.45, 7) is 0.497. The van der Waals surface area contributed by atoms with Crippen molar-refractivity contribution in [2.45, 2.75) is 13.0 Å². The molecule has 0 atom stereocenters. The van der Waals surface area contributed by atoms with Gasteiger partial charge >= 0.3 is 0 Å². The summed E-state index contributed by atoms with van der Waals surface area (Å²) in [7, 11) is 3.54. The molecule has 0 aliphatic carbocycles. The van der Waals surface area contributed by atoms with Crippen molar-refractivity contribution in [3.63, 3.8) is 0 Å². The minimum Gasteiger partial charge on any atom is -0.378 e. The highest BCUT2D eigenvalue weighted by Gasteiger charge is 2.11. The van der Waals surface area contributed by atoms with Crippen molar-refractivity contribution in [1.29, 1.82) is 0 Å². The zero-order valence-electron chi connectivity index (χ0n) is 11.0. The molecule has 2 aromatic rings. The average Bonchev–Trinajstić information content (AvgIpc) is 2.43. The maximum Gasteiger partial charge on any atom is 0.143 e. The van der Waals surface area contributed by atoms with Crippen molar-refractivity contribution in [2.75, 3.05) is 19.5 Å². The molecule has 0 bridgehead atoms. The lowest BCUT2D eigenvalue weighted by atomic mass is 10.1. The van der Waals surface area contributed by atoms with E-state index in [4.69, 9.17) is 4.74 Å². The lowest BCUT2D eigenvalue weighted by Crippen LogP contribution is -2.08. The van der Waals surface area contributed by atoms with Gasteiger partial charge in [-0.3, -0.25) is 0 Å². The van der Waals surface area contributed by atoms with Crippen LogP contribution < -0.4 is 5.32 Å². The zero-order valence-corrected chi connectivity index (χ0v) is 13.1. The van der Waals surface area contributed by atoms with Crippen molar-refractivity contribution in [2.24, 2.45) is 0 Å². The number of ether oxygens (including phenoxy) is 1. The summed E-state index contributed by atoms with van der Waals surface area (Å²) < 4.78 is 6.20. The number of rotatable bonds is 5. The van der Waals surface area contributed by atoms with Crippen LogP contribution in [0.4, 0.5) is 5.82 Å². The molecular weight excluding hydrogens is 353 g/mol. The Morgan fingerprint density at radius 3 is 2.58 bits per heavy atom. The van der Waals surface area contributed by atoms with Gasteiger partial charge in [0.2, 0.25) is 0 Å². The van der Waals surface area contributed by atoms with Crippen molar-refractivity contribution in [3.8, 4) is 0 Å². The molecule has 1 aromatic carbocycles. The molecule has 0 unspecified atom stereocenters. The maximum absolute atomic E-state index is 5.19. The molecule has 100 valence electrons. The summed E-state index contributed by atoms with van der Waals surface area (Å²) in [5.74, 6) is 1.66. The van der Waals surface area contributed by atoms with Gasteiger partial charge in [0, 0.05) is 20.6 Å². The largest absolute Gasteiger partial charge is 0.378 e. The molecule has 4 nitrogen and oxygen atoms in total. The minimum absolute atomic E-state index is 0.497. The highest BCUT2D eigenvalue weighted by Crippen LogP contribution is 2.20. The van der Waals surface area contributed by atoms with Gasteiger partial charge in [-0.15, -0.1) is 0 Å². The van der Waals surface area contributed by atoms with E-state index in [1.54, 1.807) is 7.11 Å². The van der Waals surface area contributed by atoms with Crippen LogP contribution in [0.5, 0.6) is 0 Å². The number of nitrogens with zero attached hydrogens (tertiary/aromatic N) is 2. The first-order valence-electron chi connectivity index (χ1n) is 6.00. The standard InChI is InChI=1S/C14H16IN3O/c1-16-14-13(15)11(9-19-2)17-12(18-14)8-10-6-4-3-5-7-10/h3-7H,8-9H2,1-2H3,(H,16,17,18). The van der Waals surface area contributed by atoms with E-state index in [1.165, 1.54) is 5.56 Å². The molecule has 0 saturated heterocycles. The van der Waals surface area contributed by atoms with E-state index in [0.717, 1.165) is 27.3 Å². The van der Waals surface area contributed by atoms with Crippen LogP contribution in [0.1, 0.15) is 17.1 Å². The third kappa shape index (κ3) is 3.63. The fourth-order valence-corrected chi connectivity index (χ4v) is 2.47. The maximum atomic E-state index is 5.19. The molecule has 1 aromatic heterocycles.